The molecule has 2 heterocycles. The van der Waals surface area contributed by atoms with Crippen molar-refractivity contribution in [3.63, 3.8) is 0 Å². The van der Waals surface area contributed by atoms with Crippen LogP contribution in [0, 0.1) is 0 Å². The number of amides is 1. The molecule has 2 saturated heterocycles. The Kier molecular flexibility index (Phi) is 4.10. The minimum absolute atomic E-state index is 0.0905. The third-order valence-electron chi connectivity index (χ3n) is 3.46. The summed E-state index contributed by atoms with van der Waals surface area (Å²) in [7, 11) is 0. The van der Waals surface area contributed by atoms with Crippen molar-refractivity contribution in [1.29, 1.82) is 0 Å². The van der Waals surface area contributed by atoms with Crippen molar-refractivity contribution in [2.75, 3.05) is 25.0 Å². The predicted octanol–water partition coefficient (Wildman–Crippen LogP) is 1.57. The summed E-state index contributed by atoms with van der Waals surface area (Å²) in [6, 6.07) is 0. The molecule has 0 saturated carbocycles. The maximum Gasteiger partial charge on any atom is 0.254 e. The number of ether oxygens (including phenoxy) is 2. The minimum Gasteiger partial charge on any atom is -0.371 e. The fourth-order valence-corrected chi connectivity index (χ4v) is 2.94. The van der Waals surface area contributed by atoms with E-state index in [9.17, 15) is 4.79 Å². The number of hydrogen-bond acceptors (Lipinski definition) is 3. The van der Waals surface area contributed by atoms with Crippen LogP contribution in [0.4, 0.5) is 0 Å². The molecule has 17 heavy (non-hydrogen) atoms. The molecule has 5 heteroatoms. The Labute approximate surface area is 111 Å². The fourth-order valence-electron chi connectivity index (χ4n) is 2.58. The molecule has 0 spiro atoms. The highest BCUT2D eigenvalue weighted by atomic mass is 79.9. The van der Waals surface area contributed by atoms with Crippen LogP contribution in [0.5, 0.6) is 0 Å². The summed E-state index contributed by atoms with van der Waals surface area (Å²) in [5, 5.41) is 0.763. The summed E-state index contributed by atoms with van der Waals surface area (Å²) < 4.78 is 11.3. The van der Waals surface area contributed by atoms with Crippen molar-refractivity contribution in [3.8, 4) is 0 Å². The molecule has 1 amide bonds. The molecule has 0 aromatic heterocycles. The molecule has 2 fully saturated rings. The Morgan fingerprint density at radius 3 is 2.88 bits per heavy atom. The number of morpholine rings is 1. The third kappa shape index (κ3) is 2.83. The van der Waals surface area contributed by atoms with Crippen LogP contribution in [0.15, 0.2) is 0 Å². The summed E-state index contributed by atoms with van der Waals surface area (Å²) in [4.78, 5) is 14.4. The van der Waals surface area contributed by atoms with Gasteiger partial charge >= 0.3 is 0 Å². The molecule has 3 unspecified atom stereocenters. The second-order valence-electron chi connectivity index (χ2n) is 5.12. The Morgan fingerprint density at radius 1 is 1.53 bits per heavy atom. The Balaban J connectivity index is 2.03. The van der Waals surface area contributed by atoms with Gasteiger partial charge in [-0.05, 0) is 26.7 Å². The van der Waals surface area contributed by atoms with Gasteiger partial charge in [0.15, 0.2) is 0 Å². The van der Waals surface area contributed by atoms with Crippen LogP contribution >= 0.6 is 15.9 Å². The van der Waals surface area contributed by atoms with E-state index in [-0.39, 0.29) is 18.1 Å². The van der Waals surface area contributed by atoms with E-state index in [1.54, 1.807) is 0 Å². The van der Waals surface area contributed by atoms with Gasteiger partial charge in [-0.15, -0.1) is 0 Å². The number of alkyl halides is 1. The first-order valence-corrected chi connectivity index (χ1v) is 7.32. The predicted molar refractivity (Wildman–Crippen MR) is 68.3 cm³/mol. The van der Waals surface area contributed by atoms with E-state index >= 15 is 0 Å². The van der Waals surface area contributed by atoms with Gasteiger partial charge in [-0.2, -0.15) is 0 Å². The molecule has 0 radical (unpaired) electrons. The largest absolute Gasteiger partial charge is 0.371 e. The number of hydrogen-bond donors (Lipinski definition) is 0. The van der Waals surface area contributed by atoms with Crippen LogP contribution < -0.4 is 0 Å². The van der Waals surface area contributed by atoms with Crippen LogP contribution in [-0.2, 0) is 14.3 Å². The number of nitrogens with zero attached hydrogens (tertiary/aromatic N) is 1. The lowest BCUT2D eigenvalue weighted by Gasteiger charge is -2.39. The van der Waals surface area contributed by atoms with Gasteiger partial charge in [-0.1, -0.05) is 15.9 Å². The second-order valence-corrected chi connectivity index (χ2v) is 5.76. The van der Waals surface area contributed by atoms with E-state index in [4.69, 9.17) is 9.47 Å². The van der Waals surface area contributed by atoms with Crippen molar-refractivity contribution in [3.05, 3.63) is 0 Å². The second kappa shape index (κ2) is 5.24. The highest BCUT2D eigenvalue weighted by Crippen LogP contribution is 2.28. The van der Waals surface area contributed by atoms with Crippen molar-refractivity contribution in [1.82, 2.24) is 4.90 Å². The topological polar surface area (TPSA) is 38.8 Å². The monoisotopic (exact) mass is 305 g/mol. The van der Waals surface area contributed by atoms with Gasteiger partial charge in [0.25, 0.3) is 5.91 Å². The van der Waals surface area contributed by atoms with Crippen molar-refractivity contribution < 1.29 is 14.3 Å². The van der Waals surface area contributed by atoms with Crippen LogP contribution in [0.1, 0.15) is 26.7 Å². The first kappa shape index (κ1) is 13.3. The van der Waals surface area contributed by atoms with Crippen LogP contribution in [0.25, 0.3) is 0 Å². The SMILES string of the molecule is CC1CN(C(=O)C2(C)CCCO2)CC(CBr)O1. The number of carbonyl (C=O) groups excluding carboxylic acids is 1. The number of halogens is 1. The summed E-state index contributed by atoms with van der Waals surface area (Å²) in [6.07, 6.45) is 1.99. The van der Waals surface area contributed by atoms with E-state index in [1.165, 1.54) is 0 Å². The van der Waals surface area contributed by atoms with E-state index < -0.39 is 5.60 Å². The number of carbonyl (C=O) groups is 1. The zero-order valence-electron chi connectivity index (χ0n) is 10.4. The molecule has 98 valence electrons. The first-order valence-electron chi connectivity index (χ1n) is 6.20. The molecule has 3 atom stereocenters. The lowest BCUT2D eigenvalue weighted by Crippen LogP contribution is -2.55. The van der Waals surface area contributed by atoms with Crippen LogP contribution in [0.3, 0.4) is 0 Å². The van der Waals surface area contributed by atoms with E-state index in [0.29, 0.717) is 19.7 Å². The van der Waals surface area contributed by atoms with Gasteiger partial charge in [0.2, 0.25) is 0 Å². The Hall–Kier alpha value is -0.130. The van der Waals surface area contributed by atoms with Crippen LogP contribution in [-0.4, -0.2) is 53.6 Å². The lowest BCUT2D eigenvalue weighted by molar-refractivity contribution is -0.161. The molecule has 0 aliphatic carbocycles. The molecular weight excluding hydrogens is 286 g/mol. The van der Waals surface area contributed by atoms with Crippen molar-refractivity contribution >= 4 is 21.8 Å². The highest BCUT2D eigenvalue weighted by molar-refractivity contribution is 9.09. The maximum atomic E-state index is 12.5. The lowest BCUT2D eigenvalue weighted by atomic mass is 10.00. The van der Waals surface area contributed by atoms with Gasteiger partial charge in [-0.3, -0.25) is 4.79 Å². The number of rotatable bonds is 2. The third-order valence-corrected chi connectivity index (χ3v) is 4.18. The first-order chi connectivity index (χ1) is 8.05. The molecule has 0 N–H and O–H groups in total. The van der Waals surface area contributed by atoms with E-state index in [0.717, 1.165) is 18.2 Å². The molecular formula is C12H20BrNO3. The summed E-state index contributed by atoms with van der Waals surface area (Å²) in [6.45, 7) is 5.94. The minimum atomic E-state index is -0.603. The molecule has 0 aromatic rings. The highest BCUT2D eigenvalue weighted by Gasteiger charge is 2.42. The molecule has 0 bridgehead atoms. The molecule has 2 aliphatic rings. The van der Waals surface area contributed by atoms with Gasteiger partial charge in [0.1, 0.15) is 5.60 Å². The summed E-state index contributed by atoms with van der Waals surface area (Å²) in [5.41, 5.74) is -0.603. The average Bonchev–Trinajstić information content (AvgIpc) is 2.75. The van der Waals surface area contributed by atoms with Gasteiger partial charge < -0.3 is 14.4 Å². The quantitative estimate of drug-likeness (QED) is 0.727. The molecule has 4 nitrogen and oxygen atoms in total. The van der Waals surface area contributed by atoms with Crippen molar-refractivity contribution in [2.45, 2.75) is 44.5 Å². The Morgan fingerprint density at radius 2 is 2.29 bits per heavy atom. The van der Waals surface area contributed by atoms with Crippen LogP contribution in [0.2, 0.25) is 0 Å². The molecule has 2 aliphatic heterocycles. The molecule has 2 rings (SSSR count). The molecule has 0 aromatic carbocycles. The Bertz CT molecular complexity index is 291. The zero-order chi connectivity index (χ0) is 12.5. The normalized spacial score (nSPS) is 38.4. The average molecular weight is 306 g/mol. The fraction of sp³-hybridized carbons (Fsp3) is 0.917. The zero-order valence-corrected chi connectivity index (χ0v) is 12.0. The summed E-state index contributed by atoms with van der Waals surface area (Å²) in [5.74, 6) is 0.121. The maximum absolute atomic E-state index is 12.5. The van der Waals surface area contributed by atoms with E-state index in [2.05, 4.69) is 15.9 Å². The summed E-state index contributed by atoms with van der Waals surface area (Å²) >= 11 is 3.42. The standard InChI is InChI=1S/C12H20BrNO3/c1-9-7-14(8-10(6-13)17-9)11(15)12(2)4-3-5-16-12/h9-10H,3-8H2,1-2H3. The van der Waals surface area contributed by atoms with Gasteiger partial charge in [0.05, 0.1) is 12.2 Å². The smallest absolute Gasteiger partial charge is 0.254 e. The van der Waals surface area contributed by atoms with Gasteiger partial charge in [0, 0.05) is 25.0 Å². The van der Waals surface area contributed by atoms with Crippen molar-refractivity contribution in [2.24, 2.45) is 0 Å². The van der Waals surface area contributed by atoms with Gasteiger partial charge in [-0.25, -0.2) is 0 Å². The van der Waals surface area contributed by atoms with E-state index in [1.807, 2.05) is 18.7 Å².